The first-order chi connectivity index (χ1) is 30.6. The van der Waals surface area contributed by atoms with E-state index in [-0.39, 0.29) is 38.6 Å². The second-order valence-corrected chi connectivity index (χ2v) is 17.7. The molecule has 0 saturated heterocycles. The van der Waals surface area contributed by atoms with Crippen LogP contribution in [0.25, 0.3) is 0 Å². The van der Waals surface area contributed by atoms with Gasteiger partial charge in [-0.05, 0) is 77.0 Å². The van der Waals surface area contributed by atoms with Crippen molar-refractivity contribution < 1.29 is 42.9 Å². The summed E-state index contributed by atoms with van der Waals surface area (Å²) in [6.07, 6.45) is 54.0. The fourth-order valence-electron chi connectivity index (χ4n) is 6.57. The molecular formula is C54H94NO8+. The molecule has 0 spiro atoms. The molecule has 362 valence electrons. The number of rotatable bonds is 45. The highest BCUT2D eigenvalue weighted by Crippen LogP contribution is 2.15. The molecule has 0 aliphatic heterocycles. The molecule has 9 nitrogen and oxygen atoms in total. The summed E-state index contributed by atoms with van der Waals surface area (Å²) in [7, 11) is 5.95. The summed E-state index contributed by atoms with van der Waals surface area (Å²) in [5.74, 6) is -2.03. The van der Waals surface area contributed by atoms with Gasteiger partial charge in [-0.3, -0.25) is 9.59 Å². The minimum Gasteiger partial charge on any atom is -0.477 e. The number of carbonyl (C=O) groups excluding carboxylic acids is 2. The van der Waals surface area contributed by atoms with Gasteiger partial charge in [0, 0.05) is 12.8 Å². The smallest absolute Gasteiger partial charge is 0.361 e. The van der Waals surface area contributed by atoms with Crippen LogP contribution < -0.4 is 0 Å². The molecule has 0 rings (SSSR count). The molecule has 9 heteroatoms. The molecule has 0 aliphatic carbocycles. The molecular weight excluding hydrogens is 791 g/mol. The first-order valence-electron chi connectivity index (χ1n) is 25.1. The zero-order chi connectivity index (χ0) is 46.3. The van der Waals surface area contributed by atoms with Gasteiger partial charge in [-0.15, -0.1) is 0 Å². The third-order valence-corrected chi connectivity index (χ3v) is 10.4. The van der Waals surface area contributed by atoms with E-state index in [1.165, 1.54) is 64.2 Å². The lowest BCUT2D eigenvalue weighted by atomic mass is 10.0. The molecule has 0 heterocycles. The van der Waals surface area contributed by atoms with Crippen molar-refractivity contribution >= 4 is 17.9 Å². The van der Waals surface area contributed by atoms with Crippen molar-refractivity contribution in [2.24, 2.45) is 0 Å². The molecule has 0 bridgehead atoms. The number of ether oxygens (including phenoxy) is 4. The summed E-state index contributed by atoms with van der Waals surface area (Å²) in [5.41, 5.74) is 0. The summed E-state index contributed by atoms with van der Waals surface area (Å²) in [6.45, 7) is 4.67. The van der Waals surface area contributed by atoms with Gasteiger partial charge < -0.3 is 28.5 Å². The summed E-state index contributed by atoms with van der Waals surface area (Å²) in [4.78, 5) is 37.2. The van der Waals surface area contributed by atoms with Crippen molar-refractivity contribution in [1.82, 2.24) is 0 Å². The second-order valence-electron chi connectivity index (χ2n) is 17.7. The molecule has 0 aromatic rings. The van der Waals surface area contributed by atoms with E-state index in [2.05, 4.69) is 86.8 Å². The van der Waals surface area contributed by atoms with E-state index in [1.54, 1.807) is 0 Å². The Morgan fingerprint density at radius 1 is 0.492 bits per heavy atom. The van der Waals surface area contributed by atoms with Crippen molar-refractivity contribution in [3.05, 3.63) is 72.9 Å². The largest absolute Gasteiger partial charge is 0.477 e. The number of hydrogen-bond acceptors (Lipinski definition) is 7. The Kier molecular flexibility index (Phi) is 43.0. The quantitative estimate of drug-likeness (QED) is 0.0212. The molecule has 0 radical (unpaired) electrons. The van der Waals surface area contributed by atoms with Crippen LogP contribution in [0.15, 0.2) is 72.9 Å². The highest BCUT2D eigenvalue weighted by molar-refractivity contribution is 5.71. The van der Waals surface area contributed by atoms with Gasteiger partial charge in [0.05, 0.1) is 34.4 Å². The number of carboxylic acids is 1. The Bertz CT molecular complexity index is 1260. The summed E-state index contributed by atoms with van der Waals surface area (Å²) in [5, 5.41) is 9.66. The number of carboxylic acid groups (broad SMARTS) is 1. The normalized spacial score (nSPS) is 13.5. The van der Waals surface area contributed by atoms with Crippen LogP contribution in [0.2, 0.25) is 0 Å². The van der Waals surface area contributed by atoms with Crippen molar-refractivity contribution in [1.29, 1.82) is 0 Å². The van der Waals surface area contributed by atoms with Crippen molar-refractivity contribution in [2.75, 3.05) is 47.5 Å². The topological polar surface area (TPSA) is 108 Å². The van der Waals surface area contributed by atoms with Crippen LogP contribution in [0, 0.1) is 0 Å². The summed E-state index contributed by atoms with van der Waals surface area (Å²) < 4.78 is 22.8. The van der Waals surface area contributed by atoms with Crippen molar-refractivity contribution in [2.45, 2.75) is 206 Å². The first kappa shape index (κ1) is 59.7. The molecule has 1 N–H and O–H groups in total. The fourth-order valence-corrected chi connectivity index (χ4v) is 6.57. The number of nitrogens with zero attached hydrogens (tertiary/aromatic N) is 1. The van der Waals surface area contributed by atoms with E-state index in [0.717, 1.165) is 96.3 Å². The van der Waals surface area contributed by atoms with Gasteiger partial charge in [0.2, 0.25) is 0 Å². The van der Waals surface area contributed by atoms with Crippen LogP contribution in [0.5, 0.6) is 0 Å². The zero-order valence-corrected chi connectivity index (χ0v) is 41.0. The van der Waals surface area contributed by atoms with Gasteiger partial charge in [0.25, 0.3) is 6.29 Å². The monoisotopic (exact) mass is 885 g/mol. The van der Waals surface area contributed by atoms with Gasteiger partial charge in [0.15, 0.2) is 6.10 Å². The molecule has 0 fully saturated rings. The number of carbonyl (C=O) groups is 3. The van der Waals surface area contributed by atoms with E-state index in [4.69, 9.17) is 18.9 Å². The predicted octanol–water partition coefficient (Wildman–Crippen LogP) is 13.9. The Balaban J connectivity index is 4.30. The zero-order valence-electron chi connectivity index (χ0n) is 41.0. The van der Waals surface area contributed by atoms with Gasteiger partial charge in [0.1, 0.15) is 13.2 Å². The van der Waals surface area contributed by atoms with Crippen LogP contribution >= 0.6 is 0 Å². The SMILES string of the molecule is CC/C=C\C/C=C\C/C=C\C/C=C\CCCCCCCCCCCCCCC(=O)OC(COC(=O)CCCCCCC/C=C\C/C=C\CCC)COC(OCC[N+](C)(C)C)C(=O)O. The minimum atomic E-state index is -1.52. The average molecular weight is 885 g/mol. The molecule has 0 aromatic carbocycles. The number of allylic oxidation sites excluding steroid dienone is 12. The lowest BCUT2D eigenvalue weighted by molar-refractivity contribution is -0.870. The molecule has 0 aliphatic rings. The maximum absolute atomic E-state index is 12.8. The Morgan fingerprint density at radius 2 is 0.905 bits per heavy atom. The number of likely N-dealkylation sites (N-methyl/N-ethyl adjacent to an activating group) is 1. The number of hydrogen-bond donors (Lipinski definition) is 1. The van der Waals surface area contributed by atoms with Crippen LogP contribution in [0.4, 0.5) is 0 Å². The predicted molar refractivity (Wildman–Crippen MR) is 263 cm³/mol. The molecule has 0 amide bonds. The Labute approximate surface area is 386 Å². The van der Waals surface area contributed by atoms with E-state index in [1.807, 2.05) is 21.1 Å². The lowest BCUT2D eigenvalue weighted by Crippen LogP contribution is -2.40. The number of unbranched alkanes of at least 4 members (excludes halogenated alkanes) is 18. The van der Waals surface area contributed by atoms with Crippen LogP contribution in [-0.2, 0) is 33.3 Å². The third kappa shape index (κ3) is 46.5. The van der Waals surface area contributed by atoms with Gasteiger partial charge >= 0.3 is 17.9 Å². The molecule has 63 heavy (non-hydrogen) atoms. The lowest BCUT2D eigenvalue weighted by Gasteiger charge is -2.25. The van der Waals surface area contributed by atoms with Crippen molar-refractivity contribution in [3.8, 4) is 0 Å². The maximum Gasteiger partial charge on any atom is 0.361 e. The maximum atomic E-state index is 12.8. The highest BCUT2D eigenvalue weighted by atomic mass is 16.7. The second kappa shape index (κ2) is 45.3. The van der Waals surface area contributed by atoms with Gasteiger partial charge in [-0.2, -0.15) is 0 Å². The molecule has 2 atom stereocenters. The van der Waals surface area contributed by atoms with Crippen LogP contribution in [-0.4, -0.2) is 87.4 Å². The highest BCUT2D eigenvalue weighted by Gasteiger charge is 2.25. The van der Waals surface area contributed by atoms with Crippen LogP contribution in [0.3, 0.4) is 0 Å². The molecule has 2 unspecified atom stereocenters. The minimum absolute atomic E-state index is 0.182. The Morgan fingerprint density at radius 3 is 1.35 bits per heavy atom. The van der Waals surface area contributed by atoms with E-state index < -0.39 is 24.3 Å². The fraction of sp³-hybridized carbons (Fsp3) is 0.722. The summed E-state index contributed by atoms with van der Waals surface area (Å²) >= 11 is 0. The first-order valence-corrected chi connectivity index (χ1v) is 25.1. The number of esters is 2. The number of quaternary nitrogens is 1. The number of aliphatic carboxylic acids is 1. The molecule has 0 saturated carbocycles. The van der Waals surface area contributed by atoms with E-state index >= 15 is 0 Å². The van der Waals surface area contributed by atoms with E-state index in [0.29, 0.717) is 17.4 Å². The Hall–Kier alpha value is -3.27. The summed E-state index contributed by atoms with van der Waals surface area (Å²) in [6, 6.07) is 0. The van der Waals surface area contributed by atoms with E-state index in [9.17, 15) is 19.5 Å². The third-order valence-electron chi connectivity index (χ3n) is 10.4. The van der Waals surface area contributed by atoms with Crippen LogP contribution in [0.1, 0.15) is 194 Å². The van der Waals surface area contributed by atoms with Crippen molar-refractivity contribution in [3.63, 3.8) is 0 Å². The molecule has 0 aromatic heterocycles. The standard InChI is InChI=1S/C54H93NO8/c1-6-8-10-12-14-16-18-20-21-22-23-24-25-26-27-28-29-30-31-33-35-37-39-41-43-45-52(57)63-50(49-62-54(53(58)59)60-47-46-55(3,4)5)48-61-51(56)44-42-40-38-36-34-32-19-17-15-13-11-9-7-2/h8,10-11,13-14,16-17,19-21,23-24,50,54H,6-7,9,12,15,18,22,25-49H2,1-5H3/p+1/b10-8-,13-11-,16-14-,19-17-,21-20-,24-23-. The average Bonchev–Trinajstić information content (AvgIpc) is 3.24. The van der Waals surface area contributed by atoms with Gasteiger partial charge in [-0.25, -0.2) is 4.79 Å². The van der Waals surface area contributed by atoms with Gasteiger partial charge in [-0.1, -0.05) is 177 Å².